The van der Waals surface area contributed by atoms with Gasteiger partial charge in [0.05, 0.1) is 11.6 Å². The lowest BCUT2D eigenvalue weighted by atomic mass is 10.1. The Balaban J connectivity index is 2.34. The van der Waals surface area contributed by atoms with Gasteiger partial charge in [0.1, 0.15) is 0 Å². The van der Waals surface area contributed by atoms with Crippen LogP contribution in [0.15, 0.2) is 41.2 Å². The molecule has 3 aromatic rings. The van der Waals surface area contributed by atoms with E-state index < -0.39 is 0 Å². The molecule has 0 aliphatic heterocycles. The number of benzene rings is 2. The highest BCUT2D eigenvalue weighted by atomic mass is 32.1. The molecular formula is C17H14N2OS. The summed E-state index contributed by atoms with van der Waals surface area (Å²) in [5, 5.41) is 10.4. The Hall–Kier alpha value is -2.38. The Morgan fingerprint density at radius 2 is 1.95 bits per heavy atom. The van der Waals surface area contributed by atoms with Crippen molar-refractivity contribution in [2.45, 2.75) is 6.92 Å². The summed E-state index contributed by atoms with van der Waals surface area (Å²) in [6, 6.07) is 13.3. The molecule has 3 nitrogen and oxygen atoms in total. The second kappa shape index (κ2) is 5.19. The van der Waals surface area contributed by atoms with Crippen molar-refractivity contribution in [3.63, 3.8) is 0 Å². The summed E-state index contributed by atoms with van der Waals surface area (Å²) in [6.45, 7) is 2.97. The van der Waals surface area contributed by atoms with Crippen molar-refractivity contribution < 1.29 is 0 Å². The fourth-order valence-corrected chi connectivity index (χ4v) is 3.42. The van der Waals surface area contributed by atoms with Gasteiger partial charge in [-0.25, -0.2) is 0 Å². The van der Waals surface area contributed by atoms with E-state index in [9.17, 15) is 4.79 Å². The van der Waals surface area contributed by atoms with E-state index in [2.05, 4.69) is 17.9 Å². The van der Waals surface area contributed by atoms with E-state index in [0.717, 1.165) is 27.0 Å². The summed E-state index contributed by atoms with van der Waals surface area (Å²) in [7, 11) is 2.01. The Labute approximate surface area is 126 Å². The zero-order valence-electron chi connectivity index (χ0n) is 11.9. The lowest BCUT2D eigenvalue weighted by molar-refractivity contribution is 0.970. The smallest absolute Gasteiger partial charge is 0.195 e. The van der Waals surface area contributed by atoms with Crippen LogP contribution in [-0.4, -0.2) is 13.6 Å². The van der Waals surface area contributed by atoms with Crippen LogP contribution in [0.3, 0.4) is 0 Å². The standard InChI is InChI=1S/C17H14N2OS/c1-3-19(2)12-5-7-15-14(9-12)17(20)13-6-4-11(10-18)8-16(13)21-15/h4-9H,3H2,1-2H3. The molecule has 0 atom stereocenters. The molecule has 0 spiro atoms. The van der Waals surface area contributed by atoms with Crippen LogP contribution in [0, 0.1) is 11.3 Å². The SMILES string of the molecule is CCN(C)c1ccc2sc3cc(C#N)ccc3c(=O)c2c1. The van der Waals surface area contributed by atoms with Gasteiger partial charge in [-0.15, -0.1) is 11.3 Å². The van der Waals surface area contributed by atoms with E-state index >= 15 is 0 Å². The Morgan fingerprint density at radius 3 is 2.67 bits per heavy atom. The van der Waals surface area contributed by atoms with E-state index in [1.807, 2.05) is 25.2 Å². The lowest BCUT2D eigenvalue weighted by Crippen LogP contribution is -2.16. The molecule has 0 aliphatic rings. The number of fused-ring (bicyclic) bond motifs is 2. The number of hydrogen-bond donors (Lipinski definition) is 0. The topological polar surface area (TPSA) is 44.1 Å². The Kier molecular flexibility index (Phi) is 3.36. The van der Waals surface area contributed by atoms with Crippen molar-refractivity contribution in [3.8, 4) is 6.07 Å². The van der Waals surface area contributed by atoms with Gasteiger partial charge in [-0.3, -0.25) is 4.79 Å². The number of hydrogen-bond acceptors (Lipinski definition) is 4. The number of nitrogens with zero attached hydrogens (tertiary/aromatic N) is 2. The van der Waals surface area contributed by atoms with Gasteiger partial charge in [-0.05, 0) is 43.3 Å². The van der Waals surface area contributed by atoms with Crippen LogP contribution in [0.2, 0.25) is 0 Å². The molecule has 0 saturated carbocycles. The molecule has 3 rings (SSSR count). The molecule has 0 unspecified atom stereocenters. The third-order valence-corrected chi connectivity index (χ3v) is 4.83. The minimum absolute atomic E-state index is 0.0367. The van der Waals surface area contributed by atoms with Gasteiger partial charge in [0.2, 0.25) is 0 Å². The maximum absolute atomic E-state index is 12.7. The van der Waals surface area contributed by atoms with Gasteiger partial charge in [-0.1, -0.05) is 0 Å². The molecule has 1 aromatic heterocycles. The molecule has 0 aliphatic carbocycles. The van der Waals surface area contributed by atoms with E-state index in [-0.39, 0.29) is 5.43 Å². The van der Waals surface area contributed by atoms with Crippen molar-refractivity contribution in [1.29, 1.82) is 5.26 Å². The van der Waals surface area contributed by atoms with Crippen molar-refractivity contribution in [2.75, 3.05) is 18.5 Å². The zero-order chi connectivity index (χ0) is 15.0. The summed E-state index contributed by atoms with van der Waals surface area (Å²) in [5.41, 5.74) is 1.66. The van der Waals surface area contributed by atoms with Gasteiger partial charge in [0.15, 0.2) is 5.43 Å². The van der Waals surface area contributed by atoms with E-state index in [1.165, 1.54) is 0 Å². The van der Waals surface area contributed by atoms with Crippen molar-refractivity contribution in [2.24, 2.45) is 0 Å². The predicted molar refractivity (Wildman–Crippen MR) is 89.3 cm³/mol. The molecule has 0 amide bonds. The normalized spacial score (nSPS) is 10.7. The van der Waals surface area contributed by atoms with Crippen molar-refractivity contribution >= 4 is 37.2 Å². The summed E-state index contributed by atoms with van der Waals surface area (Å²) < 4.78 is 1.82. The highest BCUT2D eigenvalue weighted by Crippen LogP contribution is 2.28. The zero-order valence-corrected chi connectivity index (χ0v) is 12.7. The fraction of sp³-hybridized carbons (Fsp3) is 0.176. The first kappa shape index (κ1) is 13.6. The maximum atomic E-state index is 12.7. The third-order valence-electron chi connectivity index (χ3n) is 3.70. The van der Waals surface area contributed by atoms with Crippen LogP contribution in [0.1, 0.15) is 12.5 Å². The molecule has 4 heteroatoms. The molecule has 21 heavy (non-hydrogen) atoms. The average Bonchev–Trinajstić information content (AvgIpc) is 2.53. The minimum Gasteiger partial charge on any atom is -0.375 e. The van der Waals surface area contributed by atoms with Crippen LogP contribution in [0.4, 0.5) is 5.69 Å². The Morgan fingerprint density at radius 1 is 1.14 bits per heavy atom. The van der Waals surface area contributed by atoms with Crippen molar-refractivity contribution in [1.82, 2.24) is 0 Å². The molecule has 104 valence electrons. The Bertz CT molecular complexity index is 937. The van der Waals surface area contributed by atoms with Gasteiger partial charge in [-0.2, -0.15) is 5.26 Å². The molecule has 0 N–H and O–H groups in total. The van der Waals surface area contributed by atoms with Crippen LogP contribution >= 0.6 is 11.3 Å². The maximum Gasteiger partial charge on any atom is 0.195 e. The first-order valence-electron chi connectivity index (χ1n) is 6.76. The second-order valence-electron chi connectivity index (χ2n) is 4.95. The van der Waals surface area contributed by atoms with E-state index in [4.69, 9.17) is 5.26 Å². The summed E-state index contributed by atoms with van der Waals surface area (Å²) in [6.07, 6.45) is 0. The van der Waals surface area contributed by atoms with Crippen LogP contribution in [0.5, 0.6) is 0 Å². The molecule has 2 aromatic carbocycles. The second-order valence-corrected chi connectivity index (χ2v) is 6.03. The minimum atomic E-state index is 0.0367. The molecule has 0 radical (unpaired) electrons. The van der Waals surface area contributed by atoms with Crippen LogP contribution < -0.4 is 10.3 Å². The molecule has 1 heterocycles. The van der Waals surface area contributed by atoms with Gasteiger partial charge in [0.25, 0.3) is 0 Å². The molecule has 0 saturated heterocycles. The first-order valence-corrected chi connectivity index (χ1v) is 7.57. The summed E-state index contributed by atoms with van der Waals surface area (Å²) in [5.74, 6) is 0. The predicted octanol–water partition coefficient (Wildman–Crippen LogP) is 3.74. The summed E-state index contributed by atoms with van der Waals surface area (Å²) >= 11 is 1.55. The highest BCUT2D eigenvalue weighted by molar-refractivity contribution is 7.24. The van der Waals surface area contributed by atoms with Gasteiger partial charge in [0, 0.05) is 39.5 Å². The van der Waals surface area contributed by atoms with E-state index in [0.29, 0.717) is 10.9 Å². The van der Waals surface area contributed by atoms with Gasteiger partial charge < -0.3 is 4.90 Å². The lowest BCUT2D eigenvalue weighted by Gasteiger charge is -2.17. The number of rotatable bonds is 2. The summed E-state index contributed by atoms with van der Waals surface area (Å²) in [4.78, 5) is 14.8. The van der Waals surface area contributed by atoms with Gasteiger partial charge >= 0.3 is 0 Å². The third kappa shape index (κ3) is 2.26. The number of nitriles is 1. The van der Waals surface area contributed by atoms with Crippen LogP contribution in [-0.2, 0) is 0 Å². The molecule has 0 fully saturated rings. The molecule has 0 bridgehead atoms. The average molecular weight is 294 g/mol. The quantitative estimate of drug-likeness (QED) is 0.676. The largest absolute Gasteiger partial charge is 0.375 e. The van der Waals surface area contributed by atoms with E-state index in [1.54, 1.807) is 29.5 Å². The first-order chi connectivity index (χ1) is 10.1. The fourth-order valence-electron chi connectivity index (χ4n) is 2.33. The monoisotopic (exact) mass is 294 g/mol. The molecular weight excluding hydrogens is 280 g/mol. The number of anilines is 1. The van der Waals surface area contributed by atoms with Crippen molar-refractivity contribution in [3.05, 3.63) is 52.2 Å². The van der Waals surface area contributed by atoms with Crippen LogP contribution in [0.25, 0.3) is 20.2 Å². The highest BCUT2D eigenvalue weighted by Gasteiger charge is 2.08.